The maximum absolute atomic E-state index is 5.97. The lowest BCUT2D eigenvalue weighted by Gasteiger charge is -2.08. The first kappa shape index (κ1) is 15.9. The third-order valence-electron chi connectivity index (χ3n) is 3.83. The number of hydrogen-bond acceptors (Lipinski definition) is 2. The van der Waals surface area contributed by atoms with Crippen LogP contribution < -0.4 is 10.5 Å². The lowest BCUT2D eigenvalue weighted by molar-refractivity contribution is 0.300. The Kier molecular flexibility index (Phi) is 4.89. The molecule has 0 amide bonds. The van der Waals surface area contributed by atoms with Crippen LogP contribution in [0.5, 0.6) is 5.75 Å². The van der Waals surface area contributed by atoms with Gasteiger partial charge in [0.15, 0.2) is 0 Å². The molecule has 0 spiro atoms. The zero-order valence-electron chi connectivity index (χ0n) is 13.2. The van der Waals surface area contributed by atoms with Crippen molar-refractivity contribution in [3.05, 3.63) is 65.3 Å². The van der Waals surface area contributed by atoms with E-state index in [1.807, 2.05) is 31.2 Å². The normalized spacial score (nSPS) is 12.5. The van der Waals surface area contributed by atoms with Gasteiger partial charge in [-0.3, -0.25) is 0 Å². The molecule has 0 fully saturated rings. The second-order valence-electron chi connectivity index (χ2n) is 5.85. The first-order valence-corrected chi connectivity index (χ1v) is 8.22. The van der Waals surface area contributed by atoms with Gasteiger partial charge in [0, 0.05) is 28.2 Å². The summed E-state index contributed by atoms with van der Waals surface area (Å²) >= 11 is 5.88. The SMILES string of the molecule is CC(N)Cc1cn(CCOc2ccc(Cl)cc2)c2ccccc12. The summed E-state index contributed by atoms with van der Waals surface area (Å²) in [4.78, 5) is 0. The van der Waals surface area contributed by atoms with E-state index in [4.69, 9.17) is 22.1 Å². The second-order valence-corrected chi connectivity index (χ2v) is 6.29. The van der Waals surface area contributed by atoms with Crippen LogP contribution in [-0.4, -0.2) is 17.2 Å². The zero-order chi connectivity index (χ0) is 16.2. The van der Waals surface area contributed by atoms with Crippen molar-refractivity contribution in [3.8, 4) is 5.75 Å². The van der Waals surface area contributed by atoms with E-state index in [0.717, 1.165) is 18.7 Å². The summed E-state index contributed by atoms with van der Waals surface area (Å²) in [7, 11) is 0. The van der Waals surface area contributed by atoms with E-state index < -0.39 is 0 Å². The molecule has 0 aliphatic heterocycles. The number of fused-ring (bicyclic) bond motifs is 1. The lowest BCUT2D eigenvalue weighted by atomic mass is 10.1. The van der Waals surface area contributed by atoms with Crippen LogP contribution in [-0.2, 0) is 13.0 Å². The van der Waals surface area contributed by atoms with Crippen LogP contribution in [0.1, 0.15) is 12.5 Å². The standard InChI is InChI=1S/C19H21ClN2O/c1-14(21)12-15-13-22(19-5-3-2-4-18(15)19)10-11-23-17-8-6-16(20)7-9-17/h2-9,13-14H,10-12,21H2,1H3. The largest absolute Gasteiger partial charge is 0.492 e. The Morgan fingerprint density at radius 2 is 1.87 bits per heavy atom. The van der Waals surface area contributed by atoms with Crippen molar-refractivity contribution in [1.82, 2.24) is 4.57 Å². The van der Waals surface area contributed by atoms with Crippen LogP contribution in [0.25, 0.3) is 10.9 Å². The molecule has 2 aromatic carbocycles. The van der Waals surface area contributed by atoms with E-state index in [1.54, 1.807) is 0 Å². The van der Waals surface area contributed by atoms with Crippen LogP contribution in [0, 0.1) is 0 Å². The summed E-state index contributed by atoms with van der Waals surface area (Å²) in [5.41, 5.74) is 8.49. The quantitative estimate of drug-likeness (QED) is 0.734. The number of hydrogen-bond donors (Lipinski definition) is 1. The molecule has 0 aliphatic rings. The molecule has 23 heavy (non-hydrogen) atoms. The summed E-state index contributed by atoms with van der Waals surface area (Å²) in [5, 5.41) is 1.99. The maximum atomic E-state index is 5.97. The predicted octanol–water partition coefficient (Wildman–Crippen LogP) is 4.26. The average molecular weight is 329 g/mol. The fraction of sp³-hybridized carbons (Fsp3) is 0.263. The second kappa shape index (κ2) is 7.07. The van der Waals surface area contributed by atoms with Gasteiger partial charge < -0.3 is 15.0 Å². The van der Waals surface area contributed by atoms with Gasteiger partial charge in [-0.15, -0.1) is 0 Å². The molecule has 3 aromatic rings. The molecule has 1 heterocycles. The van der Waals surface area contributed by atoms with Gasteiger partial charge >= 0.3 is 0 Å². The van der Waals surface area contributed by atoms with E-state index >= 15 is 0 Å². The smallest absolute Gasteiger partial charge is 0.119 e. The molecule has 0 bridgehead atoms. The number of nitrogens with two attached hydrogens (primary N) is 1. The van der Waals surface area contributed by atoms with Gasteiger partial charge in [0.2, 0.25) is 0 Å². The number of benzene rings is 2. The molecule has 3 nitrogen and oxygen atoms in total. The summed E-state index contributed by atoms with van der Waals surface area (Å²) < 4.78 is 8.04. The van der Waals surface area contributed by atoms with Crippen LogP contribution in [0.3, 0.4) is 0 Å². The predicted molar refractivity (Wildman–Crippen MR) is 96.2 cm³/mol. The van der Waals surface area contributed by atoms with Gasteiger partial charge in [0.05, 0.1) is 6.54 Å². The monoisotopic (exact) mass is 328 g/mol. The fourth-order valence-electron chi connectivity index (χ4n) is 2.81. The Morgan fingerprint density at radius 3 is 2.61 bits per heavy atom. The molecular formula is C19H21ClN2O. The van der Waals surface area contributed by atoms with Crippen molar-refractivity contribution in [2.45, 2.75) is 25.9 Å². The number of halogens is 1. The molecule has 0 aliphatic carbocycles. The highest BCUT2D eigenvalue weighted by Gasteiger charge is 2.09. The molecule has 1 aromatic heterocycles. The molecule has 120 valence electrons. The lowest BCUT2D eigenvalue weighted by Crippen LogP contribution is -2.17. The minimum absolute atomic E-state index is 0.152. The highest BCUT2D eigenvalue weighted by atomic mass is 35.5. The molecule has 1 unspecified atom stereocenters. The molecule has 4 heteroatoms. The van der Waals surface area contributed by atoms with E-state index in [9.17, 15) is 0 Å². The Bertz CT molecular complexity index is 778. The van der Waals surface area contributed by atoms with Gasteiger partial charge in [-0.05, 0) is 49.2 Å². The summed E-state index contributed by atoms with van der Waals surface area (Å²) in [6.45, 7) is 3.44. The van der Waals surface area contributed by atoms with Gasteiger partial charge in [0.1, 0.15) is 12.4 Å². The molecule has 0 saturated carbocycles. The Labute approximate surface area is 141 Å². The molecule has 1 atom stereocenters. The third-order valence-corrected chi connectivity index (χ3v) is 4.08. The van der Waals surface area contributed by atoms with Crippen molar-refractivity contribution < 1.29 is 4.74 Å². The van der Waals surface area contributed by atoms with Crippen LogP contribution >= 0.6 is 11.6 Å². The summed E-state index contributed by atoms with van der Waals surface area (Å²) in [6, 6.07) is 16.0. The van der Waals surface area contributed by atoms with E-state index in [0.29, 0.717) is 11.6 Å². The van der Waals surface area contributed by atoms with E-state index in [-0.39, 0.29) is 6.04 Å². The van der Waals surface area contributed by atoms with Crippen LogP contribution in [0.15, 0.2) is 54.7 Å². The number of ether oxygens (including phenoxy) is 1. The number of para-hydroxylation sites is 1. The van der Waals surface area contributed by atoms with Gasteiger partial charge in [-0.2, -0.15) is 0 Å². The summed E-state index contributed by atoms with van der Waals surface area (Å²) in [6.07, 6.45) is 3.07. The molecular weight excluding hydrogens is 308 g/mol. The van der Waals surface area contributed by atoms with Crippen molar-refractivity contribution in [2.75, 3.05) is 6.61 Å². The topological polar surface area (TPSA) is 40.2 Å². The van der Waals surface area contributed by atoms with E-state index in [2.05, 4.69) is 35.0 Å². The molecule has 0 radical (unpaired) electrons. The van der Waals surface area contributed by atoms with Crippen molar-refractivity contribution in [1.29, 1.82) is 0 Å². The van der Waals surface area contributed by atoms with Gasteiger partial charge in [-0.25, -0.2) is 0 Å². The Morgan fingerprint density at radius 1 is 1.13 bits per heavy atom. The first-order chi connectivity index (χ1) is 11.1. The maximum Gasteiger partial charge on any atom is 0.119 e. The third kappa shape index (κ3) is 3.87. The minimum atomic E-state index is 0.152. The highest BCUT2D eigenvalue weighted by molar-refractivity contribution is 6.30. The van der Waals surface area contributed by atoms with Crippen LogP contribution in [0.2, 0.25) is 5.02 Å². The van der Waals surface area contributed by atoms with Crippen molar-refractivity contribution in [3.63, 3.8) is 0 Å². The molecule has 2 N–H and O–H groups in total. The first-order valence-electron chi connectivity index (χ1n) is 7.84. The number of rotatable bonds is 6. The van der Waals surface area contributed by atoms with Crippen LogP contribution in [0.4, 0.5) is 0 Å². The molecule has 3 rings (SSSR count). The Balaban J connectivity index is 1.73. The number of aromatic nitrogens is 1. The van der Waals surface area contributed by atoms with Crippen molar-refractivity contribution in [2.24, 2.45) is 5.73 Å². The average Bonchev–Trinajstić information content (AvgIpc) is 2.87. The summed E-state index contributed by atoms with van der Waals surface area (Å²) in [5.74, 6) is 0.835. The zero-order valence-corrected chi connectivity index (χ0v) is 14.0. The fourth-order valence-corrected chi connectivity index (χ4v) is 2.94. The Hall–Kier alpha value is -1.97. The van der Waals surface area contributed by atoms with Gasteiger partial charge in [0.25, 0.3) is 0 Å². The molecule has 0 saturated heterocycles. The van der Waals surface area contributed by atoms with Crippen molar-refractivity contribution >= 4 is 22.5 Å². The minimum Gasteiger partial charge on any atom is -0.492 e. The number of nitrogens with zero attached hydrogens (tertiary/aromatic N) is 1. The van der Waals surface area contributed by atoms with Gasteiger partial charge in [-0.1, -0.05) is 29.8 Å². The highest BCUT2D eigenvalue weighted by Crippen LogP contribution is 2.22. The van der Waals surface area contributed by atoms with E-state index in [1.165, 1.54) is 16.5 Å².